The zero-order valence-electron chi connectivity index (χ0n) is 9.30. The van der Waals surface area contributed by atoms with E-state index in [0.717, 1.165) is 0 Å². The Morgan fingerprint density at radius 3 is 3.11 bits per heavy atom. The minimum absolute atomic E-state index is 0.219. The summed E-state index contributed by atoms with van der Waals surface area (Å²) in [6, 6.07) is 0. The Balaban J connectivity index is 2.01. The minimum Gasteiger partial charge on any atom is -0.390 e. The molecule has 1 aliphatic rings. The normalized spacial score (nSPS) is 27.7. The number of carbonyl (C=O) groups is 1. The number of carbonyl (C=O) groups excluding carboxylic acids is 1. The highest BCUT2D eigenvalue weighted by Crippen LogP contribution is 2.33. The van der Waals surface area contributed by atoms with Crippen LogP contribution >= 0.6 is 0 Å². The van der Waals surface area contributed by atoms with Gasteiger partial charge in [0.15, 0.2) is 11.9 Å². The maximum Gasteiger partial charge on any atom is 0.224 e. The molecule has 2 aromatic heterocycles. The van der Waals surface area contributed by atoms with Gasteiger partial charge in [-0.2, -0.15) is 9.61 Å². The van der Waals surface area contributed by atoms with Gasteiger partial charge in [-0.1, -0.05) is 0 Å². The van der Waals surface area contributed by atoms with Crippen LogP contribution < -0.4 is 5.73 Å². The molecule has 1 aliphatic heterocycles. The van der Waals surface area contributed by atoms with Gasteiger partial charge in [0.1, 0.15) is 12.4 Å². The molecule has 3 N–H and O–H groups in total. The highest BCUT2D eigenvalue weighted by Gasteiger charge is 2.36. The number of hydrogen-bond donors (Lipinski definition) is 2. The Kier molecular flexibility index (Phi) is 2.46. The van der Waals surface area contributed by atoms with Crippen LogP contribution in [0.2, 0.25) is 0 Å². The van der Waals surface area contributed by atoms with Crippen molar-refractivity contribution in [3.8, 4) is 0 Å². The first kappa shape index (κ1) is 11.1. The number of ether oxygens (including phenoxy) is 1. The number of hydrogen-bond acceptors (Lipinski definition) is 7. The van der Waals surface area contributed by atoms with Crippen molar-refractivity contribution in [2.75, 3.05) is 5.73 Å². The van der Waals surface area contributed by atoms with Crippen LogP contribution in [-0.4, -0.2) is 43.2 Å². The average Bonchev–Trinajstić information content (AvgIpc) is 2.93. The number of fused-ring (bicyclic) bond motifs is 1. The summed E-state index contributed by atoms with van der Waals surface area (Å²) in [5.41, 5.74) is 6.86. The third-order valence-corrected chi connectivity index (χ3v) is 3.00. The number of aldehydes is 1. The fourth-order valence-electron chi connectivity index (χ4n) is 2.09. The molecule has 0 amide bonds. The first-order valence-corrected chi connectivity index (χ1v) is 5.43. The van der Waals surface area contributed by atoms with Crippen molar-refractivity contribution < 1.29 is 14.6 Å². The van der Waals surface area contributed by atoms with Crippen LogP contribution in [0.15, 0.2) is 12.5 Å². The average molecular weight is 249 g/mol. The fraction of sp³-hybridized carbons (Fsp3) is 0.400. The number of nitrogen functional groups attached to an aromatic ring is 1. The van der Waals surface area contributed by atoms with Crippen molar-refractivity contribution in [2.45, 2.75) is 24.7 Å². The van der Waals surface area contributed by atoms with E-state index in [2.05, 4.69) is 15.1 Å². The van der Waals surface area contributed by atoms with Crippen LogP contribution in [0.3, 0.4) is 0 Å². The van der Waals surface area contributed by atoms with E-state index in [1.54, 1.807) is 6.20 Å². The number of aromatic nitrogens is 4. The molecule has 2 aromatic rings. The van der Waals surface area contributed by atoms with Crippen molar-refractivity contribution in [1.82, 2.24) is 19.6 Å². The summed E-state index contributed by atoms with van der Waals surface area (Å²) < 4.78 is 6.83. The van der Waals surface area contributed by atoms with E-state index in [-0.39, 0.29) is 5.95 Å². The van der Waals surface area contributed by atoms with Crippen molar-refractivity contribution in [3.05, 3.63) is 18.1 Å². The lowest BCUT2D eigenvalue weighted by Crippen LogP contribution is -2.21. The van der Waals surface area contributed by atoms with Crippen LogP contribution in [0.25, 0.3) is 5.65 Å². The zero-order chi connectivity index (χ0) is 12.7. The lowest BCUT2D eigenvalue weighted by molar-refractivity contribution is -0.120. The number of nitrogens with two attached hydrogens (primary N) is 1. The molecule has 8 heteroatoms. The summed E-state index contributed by atoms with van der Waals surface area (Å²) in [6.45, 7) is 0. The first-order chi connectivity index (χ1) is 8.70. The van der Waals surface area contributed by atoms with Crippen LogP contribution in [-0.2, 0) is 9.53 Å². The second kappa shape index (κ2) is 4.00. The van der Waals surface area contributed by atoms with Gasteiger partial charge < -0.3 is 20.4 Å². The highest BCUT2D eigenvalue weighted by molar-refractivity contribution is 5.58. The number of aliphatic hydroxyl groups is 1. The fourth-order valence-corrected chi connectivity index (χ4v) is 2.09. The Morgan fingerprint density at radius 1 is 1.56 bits per heavy atom. The van der Waals surface area contributed by atoms with Crippen molar-refractivity contribution in [1.29, 1.82) is 0 Å². The number of rotatable bonds is 2. The molecular weight excluding hydrogens is 238 g/mol. The summed E-state index contributed by atoms with van der Waals surface area (Å²) in [4.78, 5) is 18.6. The number of aliphatic hydroxyl groups excluding tert-OH is 1. The third-order valence-electron chi connectivity index (χ3n) is 3.00. The Bertz CT molecular complexity index is 598. The van der Waals surface area contributed by atoms with Gasteiger partial charge in [0.05, 0.1) is 18.4 Å². The van der Waals surface area contributed by atoms with Gasteiger partial charge in [-0.15, -0.1) is 0 Å². The summed E-state index contributed by atoms with van der Waals surface area (Å²) in [6.07, 6.45) is 1.80. The molecular formula is C10H11N5O3. The molecule has 3 rings (SSSR count). The SMILES string of the molecule is Nc1ncnc2c([C@H]3C[C@H](O)[C@@H](C=O)O3)cnn12. The largest absolute Gasteiger partial charge is 0.390 e. The predicted molar refractivity (Wildman–Crippen MR) is 59.5 cm³/mol. The van der Waals surface area contributed by atoms with E-state index >= 15 is 0 Å². The smallest absolute Gasteiger partial charge is 0.224 e. The summed E-state index contributed by atoms with van der Waals surface area (Å²) >= 11 is 0. The Morgan fingerprint density at radius 2 is 2.39 bits per heavy atom. The molecule has 0 saturated carbocycles. The van der Waals surface area contributed by atoms with Gasteiger partial charge in [0.2, 0.25) is 5.95 Å². The van der Waals surface area contributed by atoms with Crippen LogP contribution in [0, 0.1) is 0 Å². The molecule has 0 bridgehead atoms. The first-order valence-electron chi connectivity index (χ1n) is 5.43. The maximum absolute atomic E-state index is 10.7. The van der Waals surface area contributed by atoms with Crippen molar-refractivity contribution >= 4 is 17.9 Å². The second-order valence-electron chi connectivity index (χ2n) is 4.10. The lowest BCUT2D eigenvalue weighted by atomic mass is 10.1. The Labute approximate surface area is 101 Å². The van der Waals surface area contributed by atoms with E-state index in [1.807, 2.05) is 0 Å². The molecule has 0 aliphatic carbocycles. The zero-order valence-corrected chi connectivity index (χ0v) is 9.30. The molecule has 1 fully saturated rings. The van der Waals surface area contributed by atoms with Crippen LogP contribution in [0.5, 0.6) is 0 Å². The van der Waals surface area contributed by atoms with Crippen molar-refractivity contribution in [2.24, 2.45) is 0 Å². The number of anilines is 1. The van der Waals surface area contributed by atoms with E-state index < -0.39 is 18.3 Å². The maximum atomic E-state index is 10.7. The van der Waals surface area contributed by atoms with Gasteiger partial charge in [-0.3, -0.25) is 0 Å². The Hall–Kier alpha value is -2.06. The van der Waals surface area contributed by atoms with Crippen molar-refractivity contribution in [3.63, 3.8) is 0 Å². The molecule has 3 heterocycles. The minimum atomic E-state index is -0.804. The van der Waals surface area contributed by atoms with E-state index in [4.69, 9.17) is 10.5 Å². The molecule has 3 atom stereocenters. The molecule has 0 spiro atoms. The second-order valence-corrected chi connectivity index (χ2v) is 4.10. The van der Waals surface area contributed by atoms with Gasteiger partial charge in [-0.25, -0.2) is 9.97 Å². The summed E-state index contributed by atoms with van der Waals surface area (Å²) in [5, 5.41) is 13.7. The third kappa shape index (κ3) is 1.54. The van der Waals surface area contributed by atoms with E-state index in [9.17, 15) is 9.90 Å². The quantitative estimate of drug-likeness (QED) is 0.662. The van der Waals surface area contributed by atoms with Gasteiger partial charge in [0, 0.05) is 12.0 Å². The number of nitrogens with zero attached hydrogens (tertiary/aromatic N) is 4. The van der Waals surface area contributed by atoms with Crippen LogP contribution in [0.4, 0.5) is 5.95 Å². The summed E-state index contributed by atoms with van der Waals surface area (Å²) in [5.74, 6) is 0.219. The van der Waals surface area contributed by atoms with Gasteiger partial charge in [0.25, 0.3) is 0 Å². The van der Waals surface area contributed by atoms with Crippen LogP contribution in [0.1, 0.15) is 18.1 Å². The molecule has 8 nitrogen and oxygen atoms in total. The van der Waals surface area contributed by atoms with E-state index in [1.165, 1.54) is 10.8 Å². The van der Waals surface area contributed by atoms with E-state index in [0.29, 0.717) is 23.9 Å². The molecule has 94 valence electrons. The monoisotopic (exact) mass is 249 g/mol. The highest BCUT2D eigenvalue weighted by atomic mass is 16.5. The molecule has 18 heavy (non-hydrogen) atoms. The molecule has 1 saturated heterocycles. The van der Waals surface area contributed by atoms with Gasteiger partial charge in [-0.05, 0) is 0 Å². The lowest BCUT2D eigenvalue weighted by Gasteiger charge is -2.07. The molecule has 0 unspecified atom stereocenters. The van der Waals surface area contributed by atoms with Gasteiger partial charge >= 0.3 is 0 Å². The molecule has 0 aromatic carbocycles. The standard InChI is InChI=1S/C10H11N5O3/c11-10-13-4-12-9-5(2-14-15(9)10)7-1-6(17)8(3-16)18-7/h2-4,6-8,17H,1H2,(H2,11,12,13)/t6-,7+,8+/m0/s1. The molecule has 0 radical (unpaired) electrons. The summed E-state index contributed by atoms with van der Waals surface area (Å²) in [7, 11) is 0. The predicted octanol–water partition coefficient (Wildman–Crippen LogP) is -0.904. The topological polar surface area (TPSA) is 116 Å².